The summed E-state index contributed by atoms with van der Waals surface area (Å²) in [5, 5.41) is 8.07. The molecule has 1 aliphatic carbocycles. The number of nitrogens with two attached hydrogens (primary N) is 1. The Labute approximate surface area is 150 Å². The number of halogens is 1. The maximum absolute atomic E-state index is 12.5. The summed E-state index contributed by atoms with van der Waals surface area (Å²) in [4.78, 5) is 24.5. The molecule has 0 radical (unpaired) electrons. The summed E-state index contributed by atoms with van der Waals surface area (Å²) < 4.78 is 5.06. The minimum absolute atomic E-state index is 0. The molecule has 0 aliphatic heterocycles. The Morgan fingerprint density at radius 3 is 2.83 bits per heavy atom. The molecular formula is C16H20ClN3O3S. The van der Waals surface area contributed by atoms with Gasteiger partial charge in [-0.15, -0.1) is 23.7 Å². The van der Waals surface area contributed by atoms with Crippen molar-refractivity contribution in [2.75, 3.05) is 11.9 Å². The van der Waals surface area contributed by atoms with Gasteiger partial charge in [0.25, 0.3) is 11.8 Å². The quantitative estimate of drug-likeness (QED) is 0.754. The largest absolute Gasteiger partial charge is 0.459 e. The maximum atomic E-state index is 12.5. The lowest BCUT2D eigenvalue weighted by atomic mass is 10.0. The number of thiophene rings is 1. The highest BCUT2D eigenvalue weighted by atomic mass is 35.5. The highest BCUT2D eigenvalue weighted by Crippen LogP contribution is 2.27. The van der Waals surface area contributed by atoms with E-state index in [1.165, 1.54) is 17.6 Å². The molecule has 0 aromatic carbocycles. The first-order chi connectivity index (χ1) is 11.2. The molecule has 2 aromatic rings. The van der Waals surface area contributed by atoms with Crippen molar-refractivity contribution in [2.24, 2.45) is 11.7 Å². The Kier molecular flexibility index (Phi) is 6.42. The van der Waals surface area contributed by atoms with Crippen LogP contribution in [-0.4, -0.2) is 24.4 Å². The van der Waals surface area contributed by atoms with Crippen molar-refractivity contribution >= 4 is 40.6 Å². The van der Waals surface area contributed by atoms with Crippen molar-refractivity contribution in [3.05, 3.63) is 41.2 Å². The summed E-state index contributed by atoms with van der Waals surface area (Å²) in [7, 11) is 0. The van der Waals surface area contributed by atoms with E-state index in [0.717, 1.165) is 19.3 Å². The number of hydrogen-bond donors (Lipinski definition) is 3. The molecule has 1 saturated carbocycles. The Hall–Kier alpha value is -1.83. The van der Waals surface area contributed by atoms with Crippen molar-refractivity contribution in [1.82, 2.24) is 5.32 Å². The van der Waals surface area contributed by atoms with Gasteiger partial charge in [0.05, 0.1) is 11.8 Å². The topological polar surface area (TPSA) is 97.4 Å². The van der Waals surface area contributed by atoms with Crippen LogP contribution in [0.25, 0.3) is 0 Å². The summed E-state index contributed by atoms with van der Waals surface area (Å²) in [5.41, 5.74) is 6.22. The number of amides is 2. The van der Waals surface area contributed by atoms with Gasteiger partial charge in [0.15, 0.2) is 5.76 Å². The van der Waals surface area contributed by atoms with E-state index >= 15 is 0 Å². The molecule has 130 valence electrons. The van der Waals surface area contributed by atoms with E-state index in [4.69, 9.17) is 10.2 Å². The number of anilines is 1. The SMILES string of the molecule is Cl.NCC1CCCC1NC(=O)c1ccsc1NC(=O)c1ccco1. The lowest BCUT2D eigenvalue weighted by molar-refractivity contribution is 0.0930. The lowest BCUT2D eigenvalue weighted by Crippen LogP contribution is -2.40. The first-order valence-corrected chi connectivity index (χ1v) is 8.50. The predicted octanol–water partition coefficient (Wildman–Crippen LogP) is 2.87. The second-order valence-electron chi connectivity index (χ2n) is 5.60. The minimum Gasteiger partial charge on any atom is -0.459 e. The second kappa shape index (κ2) is 8.32. The van der Waals surface area contributed by atoms with Gasteiger partial charge in [0, 0.05) is 6.04 Å². The van der Waals surface area contributed by atoms with Gasteiger partial charge in [-0.3, -0.25) is 9.59 Å². The molecule has 0 saturated heterocycles. The highest BCUT2D eigenvalue weighted by molar-refractivity contribution is 7.14. The number of rotatable bonds is 5. The summed E-state index contributed by atoms with van der Waals surface area (Å²) in [5.74, 6) is 0.000962. The monoisotopic (exact) mass is 369 g/mol. The number of carbonyl (C=O) groups is 2. The molecule has 1 aliphatic rings. The third-order valence-electron chi connectivity index (χ3n) is 4.16. The summed E-state index contributed by atoms with van der Waals surface area (Å²) in [6, 6.07) is 5.04. The van der Waals surface area contributed by atoms with Gasteiger partial charge in [0.2, 0.25) is 0 Å². The lowest BCUT2D eigenvalue weighted by Gasteiger charge is -2.19. The Balaban J connectivity index is 0.00000208. The molecule has 4 N–H and O–H groups in total. The van der Waals surface area contributed by atoms with Crippen LogP contribution < -0.4 is 16.4 Å². The Bertz CT molecular complexity index is 687. The van der Waals surface area contributed by atoms with Crippen LogP contribution in [0, 0.1) is 5.92 Å². The molecule has 2 aromatic heterocycles. The van der Waals surface area contributed by atoms with Gasteiger partial charge in [-0.25, -0.2) is 0 Å². The minimum atomic E-state index is -0.368. The molecule has 3 rings (SSSR count). The first kappa shape index (κ1) is 18.5. The Morgan fingerprint density at radius 1 is 1.29 bits per heavy atom. The van der Waals surface area contributed by atoms with Crippen LogP contribution in [0.15, 0.2) is 34.3 Å². The van der Waals surface area contributed by atoms with Crippen molar-refractivity contribution in [3.8, 4) is 0 Å². The molecular weight excluding hydrogens is 350 g/mol. The summed E-state index contributed by atoms with van der Waals surface area (Å²) >= 11 is 1.31. The van der Waals surface area contributed by atoms with Gasteiger partial charge in [-0.2, -0.15) is 0 Å². The number of nitrogens with one attached hydrogen (secondary N) is 2. The standard InChI is InChI=1S/C16H19N3O3S.ClH/c17-9-10-3-1-4-12(10)18-14(20)11-6-8-23-16(11)19-15(21)13-5-2-7-22-13;/h2,5-8,10,12H,1,3-4,9,17H2,(H,18,20)(H,19,21);1H. The molecule has 6 nitrogen and oxygen atoms in total. The fourth-order valence-electron chi connectivity index (χ4n) is 2.91. The van der Waals surface area contributed by atoms with Crippen LogP contribution in [0.5, 0.6) is 0 Å². The third kappa shape index (κ3) is 3.98. The molecule has 1 fully saturated rings. The van der Waals surface area contributed by atoms with Crippen molar-refractivity contribution in [2.45, 2.75) is 25.3 Å². The van der Waals surface area contributed by atoms with E-state index in [1.54, 1.807) is 23.6 Å². The molecule has 2 atom stereocenters. The normalized spacial score (nSPS) is 19.5. The van der Waals surface area contributed by atoms with E-state index < -0.39 is 0 Å². The fraction of sp³-hybridized carbons (Fsp3) is 0.375. The van der Waals surface area contributed by atoms with Crippen LogP contribution in [-0.2, 0) is 0 Å². The van der Waals surface area contributed by atoms with Gasteiger partial charge in [-0.1, -0.05) is 6.42 Å². The fourth-order valence-corrected chi connectivity index (χ4v) is 3.69. The zero-order valence-electron chi connectivity index (χ0n) is 13.0. The maximum Gasteiger partial charge on any atom is 0.291 e. The van der Waals surface area contributed by atoms with Crippen LogP contribution in [0.4, 0.5) is 5.00 Å². The molecule has 2 amide bonds. The molecule has 24 heavy (non-hydrogen) atoms. The summed E-state index contributed by atoms with van der Waals surface area (Å²) in [6.07, 6.45) is 4.52. The van der Waals surface area contributed by atoms with Crippen LogP contribution >= 0.6 is 23.7 Å². The summed E-state index contributed by atoms with van der Waals surface area (Å²) in [6.45, 7) is 0.580. The smallest absolute Gasteiger partial charge is 0.291 e. The van der Waals surface area contributed by atoms with Crippen LogP contribution in [0.2, 0.25) is 0 Å². The van der Waals surface area contributed by atoms with E-state index in [2.05, 4.69) is 10.6 Å². The molecule has 8 heteroatoms. The van der Waals surface area contributed by atoms with Crippen molar-refractivity contribution in [1.29, 1.82) is 0 Å². The second-order valence-corrected chi connectivity index (χ2v) is 6.52. The van der Waals surface area contributed by atoms with E-state index in [0.29, 0.717) is 23.0 Å². The van der Waals surface area contributed by atoms with Crippen LogP contribution in [0.1, 0.15) is 40.2 Å². The average Bonchev–Trinajstić information content (AvgIpc) is 3.28. The third-order valence-corrected chi connectivity index (χ3v) is 4.99. The van der Waals surface area contributed by atoms with Gasteiger partial charge < -0.3 is 20.8 Å². The van der Waals surface area contributed by atoms with Crippen molar-refractivity contribution < 1.29 is 14.0 Å². The first-order valence-electron chi connectivity index (χ1n) is 7.62. The van der Waals surface area contributed by atoms with E-state index in [-0.39, 0.29) is 36.0 Å². The number of hydrogen-bond acceptors (Lipinski definition) is 5. The molecule has 0 bridgehead atoms. The van der Waals surface area contributed by atoms with Gasteiger partial charge >= 0.3 is 0 Å². The highest BCUT2D eigenvalue weighted by Gasteiger charge is 2.28. The van der Waals surface area contributed by atoms with Gasteiger partial charge in [-0.05, 0) is 48.9 Å². The predicted molar refractivity (Wildman–Crippen MR) is 95.9 cm³/mol. The van der Waals surface area contributed by atoms with E-state index in [9.17, 15) is 9.59 Å². The van der Waals surface area contributed by atoms with Gasteiger partial charge in [0.1, 0.15) is 5.00 Å². The van der Waals surface area contributed by atoms with E-state index in [1.807, 2.05) is 0 Å². The molecule has 2 unspecified atom stereocenters. The number of furan rings is 1. The van der Waals surface area contributed by atoms with Crippen LogP contribution in [0.3, 0.4) is 0 Å². The zero-order chi connectivity index (χ0) is 16.2. The molecule has 2 heterocycles. The molecule has 0 spiro atoms. The average molecular weight is 370 g/mol. The Morgan fingerprint density at radius 2 is 2.12 bits per heavy atom. The van der Waals surface area contributed by atoms with Crippen molar-refractivity contribution in [3.63, 3.8) is 0 Å². The zero-order valence-corrected chi connectivity index (χ0v) is 14.6. The number of carbonyl (C=O) groups excluding carboxylic acids is 2.